The number of rotatable bonds is 4. The lowest BCUT2D eigenvalue weighted by Gasteiger charge is -2.01. The van der Waals surface area contributed by atoms with E-state index in [1.807, 2.05) is 0 Å². The van der Waals surface area contributed by atoms with E-state index in [1.165, 1.54) is 12.1 Å². The Balaban J connectivity index is 2.55. The Labute approximate surface area is 82.9 Å². The van der Waals surface area contributed by atoms with Crippen molar-refractivity contribution in [1.29, 1.82) is 0 Å². The lowest BCUT2D eigenvalue weighted by Crippen LogP contribution is -2.10. The number of aliphatic hydroxyl groups is 1. The summed E-state index contributed by atoms with van der Waals surface area (Å²) in [6, 6.07) is 6.08. The van der Waals surface area contributed by atoms with Crippen LogP contribution in [-0.4, -0.2) is 17.8 Å². The number of aliphatic hydroxyl groups excluding tert-OH is 1. The summed E-state index contributed by atoms with van der Waals surface area (Å²) in [5.41, 5.74) is 6.14. The van der Waals surface area contributed by atoms with Gasteiger partial charge in [-0.25, -0.2) is 4.39 Å². The van der Waals surface area contributed by atoms with E-state index >= 15 is 0 Å². The summed E-state index contributed by atoms with van der Waals surface area (Å²) >= 11 is 0. The van der Waals surface area contributed by atoms with Gasteiger partial charge in [0.25, 0.3) is 0 Å². The summed E-state index contributed by atoms with van der Waals surface area (Å²) in [5.74, 6) is -0.260. The van der Waals surface area contributed by atoms with Gasteiger partial charge in [0, 0.05) is 0 Å². The Kier molecular flexibility index (Phi) is 4.29. The molecule has 1 aromatic rings. The fourth-order valence-electron chi connectivity index (χ4n) is 1.06. The van der Waals surface area contributed by atoms with Crippen molar-refractivity contribution in [3.63, 3.8) is 0 Å². The minimum atomic E-state index is -0.523. The molecule has 76 valence electrons. The summed E-state index contributed by atoms with van der Waals surface area (Å²) in [5, 5.41) is 9.32. The molecule has 2 nitrogen and oxygen atoms in total. The molecule has 0 bridgehead atoms. The van der Waals surface area contributed by atoms with Gasteiger partial charge >= 0.3 is 0 Å². The molecule has 1 rings (SSSR count). The highest BCUT2D eigenvalue weighted by molar-refractivity contribution is 5.49. The van der Waals surface area contributed by atoms with Gasteiger partial charge in [-0.15, -0.1) is 0 Å². The Hall–Kier alpha value is -1.19. The molecule has 14 heavy (non-hydrogen) atoms. The Morgan fingerprint density at radius 2 is 2.00 bits per heavy atom. The van der Waals surface area contributed by atoms with Crippen LogP contribution in [0, 0.1) is 5.82 Å². The van der Waals surface area contributed by atoms with Gasteiger partial charge in [-0.1, -0.05) is 24.3 Å². The monoisotopic (exact) mass is 195 g/mol. The van der Waals surface area contributed by atoms with E-state index in [0.717, 1.165) is 5.56 Å². The zero-order chi connectivity index (χ0) is 10.4. The molecule has 0 radical (unpaired) electrons. The second-order valence-corrected chi connectivity index (χ2v) is 3.06. The lowest BCUT2D eigenvalue weighted by atomic mass is 10.1. The highest BCUT2D eigenvalue weighted by atomic mass is 19.1. The first-order chi connectivity index (χ1) is 6.72. The SMILES string of the molecule is NCC[C@H](O)/C=C/c1ccc(F)cc1. The van der Waals surface area contributed by atoms with Gasteiger partial charge in [0.05, 0.1) is 6.10 Å². The van der Waals surface area contributed by atoms with Crippen LogP contribution >= 0.6 is 0 Å². The van der Waals surface area contributed by atoms with Crippen molar-refractivity contribution >= 4 is 6.08 Å². The summed E-state index contributed by atoms with van der Waals surface area (Å²) in [6.45, 7) is 0.453. The van der Waals surface area contributed by atoms with E-state index in [9.17, 15) is 9.50 Å². The minimum Gasteiger partial charge on any atom is -0.389 e. The van der Waals surface area contributed by atoms with Gasteiger partial charge in [0.15, 0.2) is 0 Å². The van der Waals surface area contributed by atoms with Crippen molar-refractivity contribution in [2.24, 2.45) is 5.73 Å². The predicted molar refractivity (Wildman–Crippen MR) is 55.1 cm³/mol. The van der Waals surface area contributed by atoms with E-state index in [-0.39, 0.29) is 5.82 Å². The molecule has 0 fully saturated rings. The number of benzene rings is 1. The van der Waals surface area contributed by atoms with Crippen LogP contribution in [0.1, 0.15) is 12.0 Å². The molecular formula is C11H14FNO. The van der Waals surface area contributed by atoms with Gasteiger partial charge in [0.2, 0.25) is 0 Å². The fourth-order valence-corrected chi connectivity index (χ4v) is 1.06. The molecule has 0 saturated carbocycles. The average Bonchev–Trinajstić information content (AvgIpc) is 2.17. The molecule has 3 heteroatoms. The van der Waals surface area contributed by atoms with Crippen LogP contribution in [0.3, 0.4) is 0 Å². The summed E-state index contributed by atoms with van der Waals surface area (Å²) < 4.78 is 12.5. The Bertz CT molecular complexity index is 295. The zero-order valence-electron chi connectivity index (χ0n) is 7.86. The van der Waals surface area contributed by atoms with Crippen molar-refractivity contribution in [1.82, 2.24) is 0 Å². The van der Waals surface area contributed by atoms with Crippen LogP contribution < -0.4 is 5.73 Å². The second-order valence-electron chi connectivity index (χ2n) is 3.06. The molecule has 0 heterocycles. The molecule has 1 aromatic carbocycles. The van der Waals surface area contributed by atoms with Crippen LogP contribution in [0.15, 0.2) is 30.3 Å². The first-order valence-electron chi connectivity index (χ1n) is 4.54. The van der Waals surface area contributed by atoms with Crippen LogP contribution in [0.5, 0.6) is 0 Å². The molecule has 1 atom stereocenters. The van der Waals surface area contributed by atoms with Gasteiger partial charge < -0.3 is 10.8 Å². The highest BCUT2D eigenvalue weighted by Gasteiger charge is 1.95. The molecule has 0 aliphatic carbocycles. The molecule has 3 N–H and O–H groups in total. The van der Waals surface area contributed by atoms with Crippen molar-refractivity contribution in [2.45, 2.75) is 12.5 Å². The molecular weight excluding hydrogens is 181 g/mol. The first-order valence-corrected chi connectivity index (χ1v) is 4.54. The predicted octanol–water partition coefficient (Wildman–Crippen LogP) is 1.55. The quantitative estimate of drug-likeness (QED) is 0.765. The average molecular weight is 195 g/mol. The fraction of sp³-hybridized carbons (Fsp3) is 0.273. The van der Waals surface area contributed by atoms with Crippen LogP contribution in [-0.2, 0) is 0 Å². The number of hydrogen-bond donors (Lipinski definition) is 2. The van der Waals surface area contributed by atoms with E-state index in [1.54, 1.807) is 24.3 Å². The zero-order valence-corrected chi connectivity index (χ0v) is 7.86. The molecule has 0 aromatic heterocycles. The van der Waals surface area contributed by atoms with Crippen molar-refractivity contribution in [3.8, 4) is 0 Å². The summed E-state index contributed by atoms with van der Waals surface area (Å²) in [7, 11) is 0. The second kappa shape index (κ2) is 5.52. The van der Waals surface area contributed by atoms with E-state index in [0.29, 0.717) is 13.0 Å². The molecule has 0 unspecified atom stereocenters. The molecule has 0 amide bonds. The smallest absolute Gasteiger partial charge is 0.123 e. The number of nitrogens with two attached hydrogens (primary N) is 1. The lowest BCUT2D eigenvalue weighted by molar-refractivity contribution is 0.216. The Morgan fingerprint density at radius 3 is 2.57 bits per heavy atom. The third kappa shape index (κ3) is 3.68. The van der Waals surface area contributed by atoms with Crippen molar-refractivity contribution in [2.75, 3.05) is 6.54 Å². The molecule has 0 aliphatic heterocycles. The largest absolute Gasteiger partial charge is 0.389 e. The molecule has 0 aliphatic rings. The molecule has 0 saturated heterocycles. The van der Waals surface area contributed by atoms with E-state index in [2.05, 4.69) is 0 Å². The molecule has 0 spiro atoms. The third-order valence-electron chi connectivity index (χ3n) is 1.84. The highest BCUT2D eigenvalue weighted by Crippen LogP contribution is 2.05. The van der Waals surface area contributed by atoms with E-state index < -0.39 is 6.10 Å². The van der Waals surface area contributed by atoms with Gasteiger partial charge in [-0.05, 0) is 30.7 Å². The topological polar surface area (TPSA) is 46.2 Å². The summed E-state index contributed by atoms with van der Waals surface area (Å²) in [4.78, 5) is 0. The van der Waals surface area contributed by atoms with Crippen molar-refractivity contribution in [3.05, 3.63) is 41.7 Å². The van der Waals surface area contributed by atoms with Gasteiger partial charge in [0.1, 0.15) is 5.82 Å². The minimum absolute atomic E-state index is 0.260. The van der Waals surface area contributed by atoms with Crippen LogP contribution in [0.25, 0.3) is 6.08 Å². The summed E-state index contributed by atoms with van der Waals surface area (Å²) in [6.07, 6.45) is 3.42. The number of halogens is 1. The van der Waals surface area contributed by atoms with Gasteiger partial charge in [-0.3, -0.25) is 0 Å². The van der Waals surface area contributed by atoms with Crippen LogP contribution in [0.4, 0.5) is 4.39 Å². The normalized spacial score (nSPS) is 13.4. The van der Waals surface area contributed by atoms with Gasteiger partial charge in [-0.2, -0.15) is 0 Å². The van der Waals surface area contributed by atoms with Crippen LogP contribution in [0.2, 0.25) is 0 Å². The van der Waals surface area contributed by atoms with Crippen molar-refractivity contribution < 1.29 is 9.50 Å². The standard InChI is InChI=1S/C11H14FNO/c12-10-4-1-9(2-5-10)3-6-11(14)7-8-13/h1-6,11,14H,7-8,13H2/b6-3+/t11-/m1/s1. The maximum atomic E-state index is 12.5. The maximum Gasteiger partial charge on any atom is 0.123 e. The Morgan fingerprint density at radius 1 is 1.36 bits per heavy atom. The maximum absolute atomic E-state index is 12.5. The number of hydrogen-bond acceptors (Lipinski definition) is 2. The first kappa shape index (κ1) is 10.9. The third-order valence-corrected chi connectivity index (χ3v) is 1.84. The van der Waals surface area contributed by atoms with E-state index in [4.69, 9.17) is 5.73 Å².